The van der Waals surface area contributed by atoms with Gasteiger partial charge in [0.1, 0.15) is 5.69 Å². The maximum atomic E-state index is 13.0. The smallest absolute Gasteiger partial charge is 0.278 e. The molecule has 1 N–H and O–H groups in total. The average molecular weight is 365 g/mol. The fraction of sp³-hybridized carbons (Fsp3) is 0.263. The molecule has 7 heteroatoms. The van der Waals surface area contributed by atoms with E-state index in [9.17, 15) is 4.79 Å². The van der Waals surface area contributed by atoms with Gasteiger partial charge in [-0.2, -0.15) is 0 Å². The molecule has 1 unspecified atom stereocenters. The lowest BCUT2D eigenvalue weighted by Gasteiger charge is -2.21. The number of thiazole rings is 1. The van der Waals surface area contributed by atoms with Crippen molar-refractivity contribution >= 4 is 34.0 Å². The Kier molecular flexibility index (Phi) is 4.16. The number of carbonyl (C=O) groups excluding carboxylic acids is 1. The Morgan fingerprint density at radius 1 is 1.19 bits per heavy atom. The second kappa shape index (κ2) is 6.49. The first-order valence-electron chi connectivity index (χ1n) is 8.47. The van der Waals surface area contributed by atoms with Crippen LogP contribution in [-0.2, 0) is 6.42 Å². The number of aryl methyl sites for hydroxylation is 2. The Hall–Kier alpha value is -2.80. The number of rotatable bonds is 3. The Morgan fingerprint density at radius 2 is 1.92 bits per heavy atom. The molecule has 0 aliphatic carbocycles. The molecule has 132 valence electrons. The standard InChI is InChI=1S/C19H19N5OS/c1-11-8-12(2)21-18(20-11)23-19-22-15(10-26-19)17(25)24-13(3)9-14-6-4-5-7-16(14)24/h4-8,10,13H,9H2,1-3H3,(H,20,21,22,23). The molecule has 26 heavy (non-hydrogen) atoms. The maximum Gasteiger partial charge on any atom is 0.278 e. The number of anilines is 3. The summed E-state index contributed by atoms with van der Waals surface area (Å²) in [5.41, 5.74) is 4.38. The number of amides is 1. The minimum absolute atomic E-state index is 0.0758. The molecule has 3 heterocycles. The highest BCUT2D eigenvalue weighted by molar-refractivity contribution is 7.14. The zero-order valence-electron chi connectivity index (χ0n) is 14.9. The molecule has 0 saturated carbocycles. The first kappa shape index (κ1) is 16.7. The summed E-state index contributed by atoms with van der Waals surface area (Å²) < 4.78 is 0. The van der Waals surface area contributed by atoms with Gasteiger partial charge in [-0.15, -0.1) is 11.3 Å². The van der Waals surface area contributed by atoms with E-state index in [1.165, 1.54) is 16.9 Å². The monoisotopic (exact) mass is 365 g/mol. The molecule has 3 aromatic rings. The lowest BCUT2D eigenvalue weighted by molar-refractivity contribution is 0.0977. The molecule has 4 rings (SSSR count). The number of nitrogens with one attached hydrogen (secondary N) is 1. The molecule has 2 aromatic heterocycles. The van der Waals surface area contributed by atoms with Crippen LogP contribution in [0.3, 0.4) is 0 Å². The third-order valence-electron chi connectivity index (χ3n) is 4.35. The number of benzene rings is 1. The Balaban J connectivity index is 1.57. The normalized spacial score (nSPS) is 15.8. The van der Waals surface area contributed by atoms with Crippen molar-refractivity contribution < 1.29 is 4.79 Å². The quantitative estimate of drug-likeness (QED) is 0.762. The van der Waals surface area contributed by atoms with E-state index in [4.69, 9.17) is 0 Å². The zero-order valence-corrected chi connectivity index (χ0v) is 15.7. The summed E-state index contributed by atoms with van der Waals surface area (Å²) in [4.78, 5) is 28.0. The van der Waals surface area contributed by atoms with Crippen molar-refractivity contribution in [2.75, 3.05) is 10.2 Å². The minimum atomic E-state index is -0.0758. The number of para-hydroxylation sites is 1. The van der Waals surface area contributed by atoms with E-state index in [0.29, 0.717) is 16.8 Å². The lowest BCUT2D eigenvalue weighted by Crippen LogP contribution is -2.35. The number of hydrogen-bond donors (Lipinski definition) is 1. The van der Waals surface area contributed by atoms with Gasteiger partial charge in [-0.25, -0.2) is 15.0 Å². The van der Waals surface area contributed by atoms with Gasteiger partial charge in [-0.3, -0.25) is 4.79 Å². The van der Waals surface area contributed by atoms with Crippen molar-refractivity contribution in [2.24, 2.45) is 0 Å². The van der Waals surface area contributed by atoms with Crippen molar-refractivity contribution in [1.29, 1.82) is 0 Å². The fourth-order valence-electron chi connectivity index (χ4n) is 3.31. The van der Waals surface area contributed by atoms with Crippen LogP contribution in [0.1, 0.15) is 34.4 Å². The largest absolute Gasteiger partial charge is 0.304 e. The SMILES string of the molecule is Cc1cc(C)nc(Nc2nc(C(=O)N3c4ccccc4CC3C)cs2)n1. The number of aromatic nitrogens is 3. The topological polar surface area (TPSA) is 71.0 Å². The van der Waals surface area contributed by atoms with Crippen LogP contribution >= 0.6 is 11.3 Å². The number of nitrogens with zero attached hydrogens (tertiary/aromatic N) is 4. The predicted octanol–water partition coefficient (Wildman–Crippen LogP) is 3.88. The molecule has 0 radical (unpaired) electrons. The lowest BCUT2D eigenvalue weighted by atomic mass is 10.1. The van der Waals surface area contributed by atoms with Crippen LogP contribution in [-0.4, -0.2) is 26.9 Å². The van der Waals surface area contributed by atoms with Crippen LogP contribution in [0, 0.1) is 13.8 Å². The summed E-state index contributed by atoms with van der Waals surface area (Å²) in [6.45, 7) is 5.90. The van der Waals surface area contributed by atoms with Gasteiger partial charge in [0.2, 0.25) is 5.95 Å². The first-order valence-corrected chi connectivity index (χ1v) is 9.35. The summed E-state index contributed by atoms with van der Waals surface area (Å²) >= 11 is 1.38. The summed E-state index contributed by atoms with van der Waals surface area (Å²) in [6, 6.07) is 10.1. The third kappa shape index (κ3) is 3.06. The first-order chi connectivity index (χ1) is 12.5. The molecule has 0 fully saturated rings. The minimum Gasteiger partial charge on any atom is -0.304 e. The van der Waals surface area contributed by atoms with Gasteiger partial charge in [0.25, 0.3) is 5.91 Å². The molecule has 0 bridgehead atoms. The average Bonchev–Trinajstić information content (AvgIpc) is 3.16. The summed E-state index contributed by atoms with van der Waals surface area (Å²) in [5, 5.41) is 5.48. The summed E-state index contributed by atoms with van der Waals surface area (Å²) in [6.07, 6.45) is 0.869. The molecule has 1 amide bonds. The molecule has 0 spiro atoms. The van der Waals surface area contributed by atoms with Crippen LogP contribution in [0.4, 0.5) is 16.8 Å². The molecular weight excluding hydrogens is 346 g/mol. The Bertz CT molecular complexity index is 963. The van der Waals surface area contributed by atoms with Gasteiger partial charge in [-0.1, -0.05) is 18.2 Å². The van der Waals surface area contributed by atoms with Crippen LogP contribution in [0.2, 0.25) is 0 Å². The highest BCUT2D eigenvalue weighted by Crippen LogP contribution is 2.33. The molecule has 6 nitrogen and oxygen atoms in total. The molecular formula is C19H19N5OS. The summed E-state index contributed by atoms with van der Waals surface area (Å²) in [7, 11) is 0. The van der Waals surface area contributed by atoms with Crippen molar-refractivity contribution in [3.63, 3.8) is 0 Å². The third-order valence-corrected chi connectivity index (χ3v) is 5.11. The van der Waals surface area contributed by atoms with Gasteiger partial charge < -0.3 is 10.2 Å². The van der Waals surface area contributed by atoms with Crippen molar-refractivity contribution in [3.8, 4) is 0 Å². The molecule has 1 atom stereocenters. The zero-order chi connectivity index (χ0) is 18.3. The molecule has 0 saturated heterocycles. The second-order valence-electron chi connectivity index (χ2n) is 6.49. The van der Waals surface area contributed by atoms with Crippen molar-refractivity contribution in [2.45, 2.75) is 33.2 Å². The van der Waals surface area contributed by atoms with Gasteiger partial charge in [0, 0.05) is 28.5 Å². The number of fused-ring (bicyclic) bond motifs is 1. The second-order valence-corrected chi connectivity index (χ2v) is 7.35. The maximum absolute atomic E-state index is 13.0. The van der Waals surface area contributed by atoms with E-state index in [2.05, 4.69) is 33.3 Å². The highest BCUT2D eigenvalue weighted by Gasteiger charge is 2.32. The highest BCUT2D eigenvalue weighted by atomic mass is 32.1. The van der Waals surface area contributed by atoms with Gasteiger partial charge in [-0.05, 0) is 44.9 Å². The molecule has 1 aliphatic rings. The van der Waals surface area contributed by atoms with Crippen LogP contribution in [0.15, 0.2) is 35.7 Å². The molecule has 1 aliphatic heterocycles. The van der Waals surface area contributed by atoms with E-state index in [0.717, 1.165) is 23.5 Å². The fourth-order valence-corrected chi connectivity index (χ4v) is 3.98. The predicted molar refractivity (Wildman–Crippen MR) is 103 cm³/mol. The van der Waals surface area contributed by atoms with Crippen LogP contribution in [0.5, 0.6) is 0 Å². The van der Waals surface area contributed by atoms with E-state index in [1.807, 2.05) is 43.0 Å². The van der Waals surface area contributed by atoms with Gasteiger partial charge in [0.15, 0.2) is 5.13 Å². The van der Waals surface area contributed by atoms with E-state index >= 15 is 0 Å². The van der Waals surface area contributed by atoms with E-state index in [1.54, 1.807) is 5.38 Å². The van der Waals surface area contributed by atoms with E-state index in [-0.39, 0.29) is 11.9 Å². The molecule has 1 aromatic carbocycles. The summed E-state index contributed by atoms with van der Waals surface area (Å²) in [5.74, 6) is 0.420. The van der Waals surface area contributed by atoms with Crippen LogP contribution in [0.25, 0.3) is 0 Å². The van der Waals surface area contributed by atoms with Crippen LogP contribution < -0.4 is 10.2 Å². The Morgan fingerprint density at radius 3 is 2.69 bits per heavy atom. The number of hydrogen-bond acceptors (Lipinski definition) is 6. The van der Waals surface area contributed by atoms with E-state index < -0.39 is 0 Å². The Labute approximate surface area is 155 Å². The number of carbonyl (C=O) groups is 1. The van der Waals surface area contributed by atoms with Gasteiger partial charge >= 0.3 is 0 Å². The van der Waals surface area contributed by atoms with Crippen molar-refractivity contribution in [3.05, 3.63) is 58.4 Å². The van der Waals surface area contributed by atoms with Gasteiger partial charge in [0.05, 0.1) is 0 Å². The van der Waals surface area contributed by atoms with Crippen molar-refractivity contribution in [1.82, 2.24) is 15.0 Å².